The maximum Gasteiger partial charge on any atom is 0.307 e. The zero-order valence-electron chi connectivity index (χ0n) is 57.3. The van der Waals surface area contributed by atoms with Crippen LogP contribution in [0.1, 0.15) is 105 Å². The van der Waals surface area contributed by atoms with E-state index in [9.17, 15) is 38.4 Å². The summed E-state index contributed by atoms with van der Waals surface area (Å²) in [6.07, 6.45) is 5.30. The SMILES string of the molecule is CC(C)(C)OC(=O)C[C@H](CI)N[B]C=O.CC(C)(C)OC(=O)C[C@H](Cc1ccccc1N(CCCl)CCCl)N[B]C=O.CC(C)(C)OC(=O)C[C@H](Cc1ccccc1N)N[B]C=O.Nc1ccccc1I.O=CCCl.O=C[B]N[C@H](CC(=O)O)Cc1ccccc1N(CCCl)CCCl. The van der Waals surface area contributed by atoms with Crippen LogP contribution in [0.5, 0.6) is 0 Å². The van der Waals surface area contributed by atoms with E-state index in [0.717, 1.165) is 41.8 Å². The molecule has 32 heteroatoms. The third kappa shape index (κ3) is 50.6. The molecule has 0 unspecified atom stereocenters. The first-order valence-electron chi connectivity index (χ1n) is 31.1. The van der Waals surface area contributed by atoms with Crippen LogP contribution in [0, 0.1) is 3.57 Å². The number of halogens is 7. The number of anilines is 4. The molecule has 4 atom stereocenters. The number of ether oxygens (including phenoxy) is 3. The number of aldehydes is 1. The van der Waals surface area contributed by atoms with E-state index in [-0.39, 0.29) is 73.6 Å². The number of para-hydroxylation sites is 4. The molecule has 0 saturated carbocycles. The van der Waals surface area contributed by atoms with Crippen LogP contribution < -0.4 is 42.2 Å². The first-order chi connectivity index (χ1) is 46.3. The molecule has 0 aliphatic rings. The molecule has 0 amide bonds. The van der Waals surface area contributed by atoms with Gasteiger partial charge in [0.15, 0.2) is 0 Å². The summed E-state index contributed by atoms with van der Waals surface area (Å²) in [6.45, 7) is 19.1. The van der Waals surface area contributed by atoms with E-state index < -0.39 is 22.8 Å². The first kappa shape index (κ1) is 95.4. The van der Waals surface area contributed by atoms with Crippen LogP contribution >= 0.6 is 103 Å². The van der Waals surface area contributed by atoms with Crippen LogP contribution in [0.15, 0.2) is 97.1 Å². The van der Waals surface area contributed by atoms with Crippen molar-refractivity contribution in [2.45, 2.75) is 148 Å². The van der Waals surface area contributed by atoms with Gasteiger partial charge in [-0.25, -0.2) is 0 Å². The molecule has 0 aromatic heterocycles. The van der Waals surface area contributed by atoms with Gasteiger partial charge in [-0.2, -0.15) is 0 Å². The summed E-state index contributed by atoms with van der Waals surface area (Å²) in [5, 5.41) is 20.6. The van der Waals surface area contributed by atoms with E-state index >= 15 is 0 Å². The number of rotatable bonds is 38. The number of alkyl halides is 6. The Morgan fingerprint density at radius 2 is 0.765 bits per heavy atom. The van der Waals surface area contributed by atoms with E-state index in [0.29, 0.717) is 106 Å². The third-order valence-corrected chi connectivity index (χ3v) is 15.1. The van der Waals surface area contributed by atoms with Crippen molar-refractivity contribution in [2.24, 2.45) is 0 Å². The molecule has 4 aromatic carbocycles. The number of carboxylic acids is 1. The van der Waals surface area contributed by atoms with Crippen molar-refractivity contribution in [3.05, 3.63) is 117 Å². The fraction of sp³-hybridized carbons (Fsp3) is 0.500. The molecule has 0 heterocycles. The highest BCUT2D eigenvalue weighted by atomic mass is 127. The number of nitrogens with one attached hydrogen (secondary N) is 4. The fourth-order valence-electron chi connectivity index (χ4n) is 8.48. The minimum absolute atomic E-state index is 0.0503. The van der Waals surface area contributed by atoms with Gasteiger partial charge in [0.25, 0.3) is 29.7 Å². The Morgan fingerprint density at radius 1 is 0.480 bits per heavy atom. The average molecular weight is 1680 g/mol. The van der Waals surface area contributed by atoms with Crippen molar-refractivity contribution in [1.29, 1.82) is 0 Å². The highest BCUT2D eigenvalue weighted by molar-refractivity contribution is 14.1. The summed E-state index contributed by atoms with van der Waals surface area (Å²) < 4.78 is 17.7. The van der Waals surface area contributed by atoms with Gasteiger partial charge in [0.1, 0.15) is 23.1 Å². The largest absolute Gasteiger partial charge is 0.481 e. The number of nitrogens with two attached hydrogens (primary N) is 2. The lowest BCUT2D eigenvalue weighted by Gasteiger charge is -2.27. The molecule has 21 nitrogen and oxygen atoms in total. The zero-order valence-corrected chi connectivity index (χ0v) is 65.4. The molecular formula is C66H95B4Cl5I2N8O13. The van der Waals surface area contributed by atoms with Gasteiger partial charge in [-0.15, -0.1) is 58.0 Å². The molecule has 98 heavy (non-hydrogen) atoms. The van der Waals surface area contributed by atoms with Crippen LogP contribution in [0.2, 0.25) is 0 Å². The molecule has 0 fully saturated rings. The normalized spacial score (nSPS) is 11.8. The number of nitrogens with zero attached hydrogens (tertiary/aromatic N) is 2. The van der Waals surface area contributed by atoms with Gasteiger partial charge >= 0.3 is 23.9 Å². The van der Waals surface area contributed by atoms with Gasteiger partial charge in [-0.05, 0) is 151 Å². The smallest absolute Gasteiger partial charge is 0.307 e. The molecule has 0 aliphatic carbocycles. The Labute approximate surface area is 635 Å². The molecule has 0 saturated heterocycles. The highest BCUT2D eigenvalue weighted by Crippen LogP contribution is 2.25. The second-order valence-corrected chi connectivity index (χ2v) is 27.8. The Hall–Kier alpha value is -4.68. The number of hydrogen-bond donors (Lipinski definition) is 7. The highest BCUT2D eigenvalue weighted by Gasteiger charge is 2.25. The number of aliphatic carboxylic acids is 1. The maximum atomic E-state index is 12.2. The molecule has 0 aliphatic heterocycles. The molecule has 0 bridgehead atoms. The van der Waals surface area contributed by atoms with E-state index in [4.69, 9.17) is 93.6 Å². The summed E-state index contributed by atoms with van der Waals surface area (Å²) in [5.74, 6) is 0.243. The van der Waals surface area contributed by atoms with Crippen LogP contribution in [0.4, 0.5) is 22.7 Å². The Bertz CT molecular complexity index is 2880. The molecule has 4 radical (unpaired) electrons. The molecule has 9 N–H and O–H groups in total. The summed E-state index contributed by atoms with van der Waals surface area (Å²) in [4.78, 5) is 102. The first-order valence-corrected chi connectivity index (χ1v) is 36.4. The lowest BCUT2D eigenvalue weighted by atomic mass is 9.92. The Balaban J connectivity index is 0. The standard InChI is InChI=1S/C19H28BCl2N2O3.C15H20BCl2N2O3.C15H22BN2O3.C9H16BINO3.C6H6IN.C2H3ClO/c1-19(2,3)27-18(26)13-16(23-20-14-25)12-15-6-4-5-7-17(15)24(10-8-21)11-9-22;17-5-7-20(8-6-18)14-4-2-1-3-12(14)9-13(10-15(22)23)19-16-11-21;1-15(2,3)21-14(20)9-12(18-16-10-19)8-11-6-4-5-7-13(11)17;1-9(2,3)15-8(14)4-7(5-11)12-10-6-13;7-5-3-1-2-4-6(5)8;3-1-2-4/h4-7,14,16,23H,8-13H2,1-3H3;1-4,11,13,19H,5-10H2,(H,22,23);4-7,10,12,18H,8-9,17H2,1-3H3;6-7,12H,4-5H2,1-3H3;1-4H,8H2;2H,1H2/t16-;13-;12-;7-;;/m0001../s1. The average Bonchev–Trinajstić information content (AvgIpc) is 0.855. The van der Waals surface area contributed by atoms with Crippen molar-refractivity contribution >= 4 is 210 Å². The topological polar surface area (TPSA) is 308 Å². The number of carboxylic acid groups (broad SMARTS) is 1. The Kier molecular flexibility index (Phi) is 55.4. The molecule has 4 aromatic rings. The van der Waals surface area contributed by atoms with Gasteiger partial charge in [-0.1, -0.05) is 89.3 Å². The monoisotopic (exact) mass is 1680 g/mol. The predicted octanol–water partition coefficient (Wildman–Crippen LogP) is 9.30. The Morgan fingerprint density at radius 3 is 1.04 bits per heavy atom. The fourth-order valence-corrected chi connectivity index (χ4v) is 10.3. The zero-order chi connectivity index (χ0) is 74.5. The van der Waals surface area contributed by atoms with E-state index in [1.165, 1.54) is 29.7 Å². The lowest BCUT2D eigenvalue weighted by molar-refractivity contribution is -0.156. The van der Waals surface area contributed by atoms with Gasteiger partial charge in [0.2, 0.25) is 0 Å². The van der Waals surface area contributed by atoms with Crippen LogP contribution in [0.3, 0.4) is 0 Å². The van der Waals surface area contributed by atoms with Crippen LogP contribution in [-0.4, -0.2) is 191 Å². The van der Waals surface area contributed by atoms with Crippen molar-refractivity contribution < 1.29 is 62.5 Å². The van der Waals surface area contributed by atoms with Crippen molar-refractivity contribution in [1.82, 2.24) is 20.9 Å². The quantitative estimate of drug-likeness (QED) is 0.00418. The van der Waals surface area contributed by atoms with Crippen LogP contribution in [-0.2, 0) is 76.6 Å². The van der Waals surface area contributed by atoms with Crippen molar-refractivity contribution in [2.75, 3.05) is 81.3 Å². The maximum absolute atomic E-state index is 12.2. The predicted molar refractivity (Wildman–Crippen MR) is 423 cm³/mol. The molecular weight excluding hydrogens is 1590 g/mol. The van der Waals surface area contributed by atoms with E-state index in [2.05, 4.69) is 75.9 Å². The minimum atomic E-state index is -0.919. The molecule has 0 spiro atoms. The second kappa shape index (κ2) is 56.9. The van der Waals surface area contributed by atoms with Gasteiger partial charge < -0.3 is 85.5 Å². The summed E-state index contributed by atoms with van der Waals surface area (Å²) in [6, 6.07) is 30.0. The van der Waals surface area contributed by atoms with Crippen molar-refractivity contribution in [3.63, 3.8) is 0 Å². The van der Waals surface area contributed by atoms with Gasteiger partial charge in [0, 0.05) is 105 Å². The second-order valence-electron chi connectivity index (χ2n) is 23.9. The molecule has 538 valence electrons. The number of esters is 3. The number of benzene rings is 4. The molecule has 4 rings (SSSR count). The number of carbonyl (C=O) groups is 9. The van der Waals surface area contributed by atoms with E-state index in [1.54, 1.807) is 0 Å². The summed E-state index contributed by atoms with van der Waals surface area (Å²) in [7, 11) is 5.13. The number of nitrogen functional groups attached to an aromatic ring is 2. The lowest BCUT2D eigenvalue weighted by Crippen LogP contribution is -2.39. The number of hydrogen-bond acceptors (Lipinski definition) is 20. The van der Waals surface area contributed by atoms with Crippen LogP contribution in [0.25, 0.3) is 0 Å². The summed E-state index contributed by atoms with van der Waals surface area (Å²) in [5.41, 5.74) is 16.4. The van der Waals surface area contributed by atoms with Gasteiger partial charge in [-0.3, -0.25) is 19.2 Å². The minimum Gasteiger partial charge on any atom is -0.481 e. The van der Waals surface area contributed by atoms with Crippen molar-refractivity contribution in [3.8, 4) is 0 Å². The number of carbonyl (C=O) groups excluding carboxylic acids is 8. The van der Waals surface area contributed by atoms with E-state index in [1.807, 2.05) is 159 Å². The summed E-state index contributed by atoms with van der Waals surface area (Å²) >= 11 is 32.8. The third-order valence-electron chi connectivity index (χ3n) is 12.2. The van der Waals surface area contributed by atoms with Gasteiger partial charge in [0.05, 0.1) is 56.3 Å².